The van der Waals surface area contributed by atoms with E-state index in [9.17, 15) is 9.59 Å². The molecule has 0 aromatic heterocycles. The smallest absolute Gasteiger partial charge is 0.229 e. The van der Waals surface area contributed by atoms with Gasteiger partial charge in [0.05, 0.1) is 5.92 Å². The number of carbonyl (C=O) groups is 2. The normalized spacial score (nSPS) is 19.4. The van der Waals surface area contributed by atoms with Gasteiger partial charge in [-0.05, 0) is 43.2 Å². The number of nitrogens with zero attached hydrogens (tertiary/aromatic N) is 1. The molecule has 158 valence electrons. The van der Waals surface area contributed by atoms with Gasteiger partial charge in [-0.3, -0.25) is 9.59 Å². The molecule has 1 saturated carbocycles. The third-order valence-electron chi connectivity index (χ3n) is 7.22. The molecule has 3 nitrogen and oxygen atoms in total. The van der Waals surface area contributed by atoms with Crippen molar-refractivity contribution >= 4 is 11.7 Å². The van der Waals surface area contributed by atoms with Crippen LogP contribution in [0.3, 0.4) is 0 Å². The van der Waals surface area contributed by atoms with E-state index in [1.165, 1.54) is 32.1 Å². The molecule has 2 aliphatic rings. The predicted molar refractivity (Wildman–Crippen MR) is 121 cm³/mol. The minimum atomic E-state index is -0.222. The Hall–Kier alpha value is -2.42. The first-order valence-electron chi connectivity index (χ1n) is 11.6. The van der Waals surface area contributed by atoms with E-state index in [0.717, 1.165) is 43.3 Å². The van der Waals surface area contributed by atoms with Crippen molar-refractivity contribution < 1.29 is 9.59 Å². The Morgan fingerprint density at radius 2 is 1.43 bits per heavy atom. The lowest BCUT2D eigenvalue weighted by atomic mass is 9.76. The second-order valence-corrected chi connectivity index (χ2v) is 9.10. The first kappa shape index (κ1) is 20.8. The zero-order valence-electron chi connectivity index (χ0n) is 18.1. The molecule has 0 radical (unpaired) electrons. The van der Waals surface area contributed by atoms with E-state index in [4.69, 9.17) is 0 Å². The number of hydrogen-bond acceptors (Lipinski definition) is 2. The van der Waals surface area contributed by atoms with Crippen molar-refractivity contribution in [1.82, 2.24) is 4.90 Å². The Labute approximate surface area is 180 Å². The standard InChI is InChI=1S/C27H33NO2/c1-20(24-13-8-14-25(19-24)26(29)23-11-6-3-7-12-23)27(30)28-17-15-22(16-18-28)21-9-4-2-5-10-21/h3,6-8,11-14,19-22H,2,4-5,9-10,15-18H2,1H3. The van der Waals surface area contributed by atoms with Crippen LogP contribution in [0.25, 0.3) is 0 Å². The van der Waals surface area contributed by atoms with Crippen molar-refractivity contribution in [2.24, 2.45) is 11.8 Å². The van der Waals surface area contributed by atoms with Crippen molar-refractivity contribution in [2.75, 3.05) is 13.1 Å². The minimum Gasteiger partial charge on any atom is -0.342 e. The molecule has 1 amide bonds. The molecule has 1 aliphatic heterocycles. The minimum absolute atomic E-state index is 0.00500. The lowest BCUT2D eigenvalue weighted by Crippen LogP contribution is -2.42. The highest BCUT2D eigenvalue weighted by Gasteiger charge is 2.31. The van der Waals surface area contributed by atoms with Crippen LogP contribution in [0.15, 0.2) is 54.6 Å². The van der Waals surface area contributed by atoms with Crippen molar-refractivity contribution in [3.8, 4) is 0 Å². The van der Waals surface area contributed by atoms with Crippen LogP contribution in [-0.4, -0.2) is 29.7 Å². The van der Waals surface area contributed by atoms with Crippen LogP contribution in [0.2, 0.25) is 0 Å². The summed E-state index contributed by atoms with van der Waals surface area (Å²) in [6.45, 7) is 3.74. The predicted octanol–water partition coefficient (Wildman–Crippen LogP) is 5.84. The Morgan fingerprint density at radius 3 is 2.13 bits per heavy atom. The maximum absolute atomic E-state index is 13.2. The number of benzene rings is 2. The average Bonchev–Trinajstić information content (AvgIpc) is 2.84. The van der Waals surface area contributed by atoms with E-state index >= 15 is 0 Å². The fourth-order valence-electron chi connectivity index (χ4n) is 5.32. The summed E-state index contributed by atoms with van der Waals surface area (Å²) in [6, 6.07) is 16.9. The number of ketones is 1. The largest absolute Gasteiger partial charge is 0.342 e. The van der Waals surface area contributed by atoms with Gasteiger partial charge in [0.15, 0.2) is 5.78 Å². The summed E-state index contributed by atoms with van der Waals surface area (Å²) in [5.74, 6) is 1.66. The number of rotatable bonds is 5. The maximum Gasteiger partial charge on any atom is 0.229 e. The lowest BCUT2D eigenvalue weighted by molar-refractivity contribution is -0.134. The molecule has 0 bridgehead atoms. The molecule has 30 heavy (non-hydrogen) atoms. The lowest BCUT2D eigenvalue weighted by Gasteiger charge is -2.38. The highest BCUT2D eigenvalue weighted by molar-refractivity contribution is 6.09. The Kier molecular flexibility index (Phi) is 6.66. The summed E-state index contributed by atoms with van der Waals surface area (Å²) in [5, 5.41) is 0. The molecule has 2 aromatic carbocycles. The molecular weight excluding hydrogens is 370 g/mol. The van der Waals surface area contributed by atoms with Crippen LogP contribution in [0, 0.1) is 11.8 Å². The molecule has 1 heterocycles. The van der Waals surface area contributed by atoms with Gasteiger partial charge in [0.2, 0.25) is 5.91 Å². The molecule has 1 aliphatic carbocycles. The molecule has 0 spiro atoms. The van der Waals surface area contributed by atoms with Gasteiger partial charge < -0.3 is 4.90 Å². The van der Waals surface area contributed by atoms with Crippen molar-refractivity contribution in [1.29, 1.82) is 0 Å². The molecule has 1 saturated heterocycles. The van der Waals surface area contributed by atoms with Gasteiger partial charge in [-0.1, -0.05) is 80.6 Å². The summed E-state index contributed by atoms with van der Waals surface area (Å²) in [5.41, 5.74) is 2.25. The summed E-state index contributed by atoms with van der Waals surface area (Å²) >= 11 is 0. The van der Waals surface area contributed by atoms with Crippen molar-refractivity contribution in [3.05, 3.63) is 71.3 Å². The fourth-order valence-corrected chi connectivity index (χ4v) is 5.32. The summed E-state index contributed by atoms with van der Waals surface area (Å²) in [7, 11) is 0. The highest BCUT2D eigenvalue weighted by Crippen LogP contribution is 2.36. The summed E-state index contributed by atoms with van der Waals surface area (Å²) in [6.07, 6.45) is 9.24. The molecule has 0 N–H and O–H groups in total. The maximum atomic E-state index is 13.2. The van der Waals surface area contributed by atoms with Gasteiger partial charge in [0.1, 0.15) is 0 Å². The zero-order valence-corrected chi connectivity index (χ0v) is 18.1. The van der Waals surface area contributed by atoms with Crippen LogP contribution in [0.1, 0.15) is 79.3 Å². The number of likely N-dealkylation sites (tertiary alicyclic amines) is 1. The number of hydrogen-bond donors (Lipinski definition) is 0. The monoisotopic (exact) mass is 403 g/mol. The van der Waals surface area contributed by atoms with E-state index < -0.39 is 0 Å². The topological polar surface area (TPSA) is 37.4 Å². The van der Waals surface area contributed by atoms with Crippen LogP contribution in [0.5, 0.6) is 0 Å². The third kappa shape index (κ3) is 4.66. The second-order valence-electron chi connectivity index (χ2n) is 9.10. The van der Waals surface area contributed by atoms with E-state index in [2.05, 4.69) is 4.90 Å². The summed E-state index contributed by atoms with van der Waals surface area (Å²) < 4.78 is 0. The Bertz CT molecular complexity index is 861. The van der Waals surface area contributed by atoms with Crippen LogP contribution in [0.4, 0.5) is 0 Å². The SMILES string of the molecule is CC(C(=O)N1CCC(C2CCCCC2)CC1)c1cccc(C(=O)c2ccccc2)c1. The van der Waals surface area contributed by atoms with E-state index in [1.807, 2.05) is 61.5 Å². The molecule has 2 aromatic rings. The molecule has 3 heteroatoms. The molecule has 2 fully saturated rings. The average molecular weight is 404 g/mol. The van der Waals surface area contributed by atoms with Gasteiger partial charge in [0.25, 0.3) is 0 Å². The first-order chi connectivity index (χ1) is 14.6. The van der Waals surface area contributed by atoms with Gasteiger partial charge in [-0.2, -0.15) is 0 Å². The van der Waals surface area contributed by atoms with E-state index in [0.29, 0.717) is 11.1 Å². The Morgan fingerprint density at radius 1 is 0.800 bits per heavy atom. The molecule has 1 unspecified atom stereocenters. The Balaban J connectivity index is 1.39. The van der Waals surface area contributed by atoms with E-state index in [1.54, 1.807) is 0 Å². The van der Waals surface area contributed by atoms with Crippen molar-refractivity contribution in [2.45, 2.75) is 57.8 Å². The van der Waals surface area contributed by atoms with E-state index in [-0.39, 0.29) is 17.6 Å². The summed E-state index contributed by atoms with van der Waals surface area (Å²) in [4.78, 5) is 28.0. The second kappa shape index (κ2) is 9.59. The van der Waals surface area contributed by atoms with Crippen LogP contribution < -0.4 is 0 Å². The van der Waals surface area contributed by atoms with Gasteiger partial charge in [0, 0.05) is 24.2 Å². The molecule has 1 atom stereocenters. The molecular formula is C27H33NO2. The number of piperidine rings is 1. The zero-order chi connectivity index (χ0) is 20.9. The van der Waals surface area contributed by atoms with Gasteiger partial charge in [-0.15, -0.1) is 0 Å². The van der Waals surface area contributed by atoms with Gasteiger partial charge >= 0.3 is 0 Å². The molecule has 4 rings (SSSR count). The van der Waals surface area contributed by atoms with Crippen molar-refractivity contribution in [3.63, 3.8) is 0 Å². The fraction of sp³-hybridized carbons (Fsp3) is 0.481. The number of amides is 1. The highest BCUT2D eigenvalue weighted by atomic mass is 16.2. The first-order valence-corrected chi connectivity index (χ1v) is 11.6. The quantitative estimate of drug-likeness (QED) is 0.588. The number of carbonyl (C=O) groups excluding carboxylic acids is 2. The van der Waals surface area contributed by atoms with Crippen LogP contribution >= 0.6 is 0 Å². The van der Waals surface area contributed by atoms with Gasteiger partial charge in [-0.25, -0.2) is 0 Å². The third-order valence-corrected chi connectivity index (χ3v) is 7.22. The van der Waals surface area contributed by atoms with Crippen LogP contribution in [-0.2, 0) is 4.79 Å².